The first-order chi connectivity index (χ1) is 8.46. The average Bonchev–Trinajstić information content (AvgIpc) is 2.28. The Morgan fingerprint density at radius 2 is 2.06 bits per heavy atom. The molecule has 0 aromatic carbocycles. The van der Waals surface area contributed by atoms with Gasteiger partial charge >= 0.3 is 0 Å². The van der Waals surface area contributed by atoms with Crippen molar-refractivity contribution >= 4 is 11.8 Å². The van der Waals surface area contributed by atoms with E-state index in [1.807, 2.05) is 6.20 Å². The number of nitrogens with zero attached hydrogens (tertiary/aromatic N) is 2. The van der Waals surface area contributed by atoms with Crippen molar-refractivity contribution in [2.24, 2.45) is 0 Å². The highest BCUT2D eigenvalue weighted by Crippen LogP contribution is 2.12. The van der Waals surface area contributed by atoms with E-state index in [-0.39, 0.29) is 5.54 Å². The number of hydrogen-bond donors (Lipinski definition) is 1. The number of thioether (sulfide) groups is 1. The number of aryl methyl sites for hydroxylation is 1. The fraction of sp³-hybridized carbons (Fsp3) is 0.714. The van der Waals surface area contributed by atoms with Gasteiger partial charge in [-0.05, 0) is 33.4 Å². The second kappa shape index (κ2) is 7.10. The Morgan fingerprint density at radius 3 is 2.61 bits per heavy atom. The zero-order valence-electron chi connectivity index (χ0n) is 12.2. The molecule has 4 heteroatoms. The molecular formula is C14H25N3S. The maximum Gasteiger partial charge on any atom is 0.138 e. The van der Waals surface area contributed by atoms with Crippen molar-refractivity contribution in [3.8, 4) is 0 Å². The van der Waals surface area contributed by atoms with Gasteiger partial charge in [-0.2, -0.15) is 11.8 Å². The summed E-state index contributed by atoms with van der Waals surface area (Å²) in [7, 11) is 0. The van der Waals surface area contributed by atoms with Crippen molar-refractivity contribution in [3.63, 3.8) is 0 Å². The Morgan fingerprint density at radius 1 is 1.33 bits per heavy atom. The van der Waals surface area contributed by atoms with Crippen molar-refractivity contribution in [2.75, 3.05) is 6.26 Å². The van der Waals surface area contributed by atoms with Crippen LogP contribution in [0.1, 0.15) is 51.2 Å². The minimum absolute atomic E-state index is 0.126. The van der Waals surface area contributed by atoms with Crippen LogP contribution >= 0.6 is 11.8 Å². The molecule has 0 radical (unpaired) electrons. The molecule has 0 aliphatic carbocycles. The summed E-state index contributed by atoms with van der Waals surface area (Å²) < 4.78 is 0. The van der Waals surface area contributed by atoms with Crippen LogP contribution in [0.15, 0.2) is 6.20 Å². The smallest absolute Gasteiger partial charge is 0.138 e. The summed E-state index contributed by atoms with van der Waals surface area (Å²) in [4.78, 5) is 9.12. The van der Waals surface area contributed by atoms with Gasteiger partial charge in [-0.1, -0.05) is 13.3 Å². The molecule has 0 unspecified atom stereocenters. The Balaban J connectivity index is 2.82. The highest BCUT2D eigenvalue weighted by atomic mass is 32.2. The van der Waals surface area contributed by atoms with Crippen LogP contribution in [0.2, 0.25) is 0 Å². The largest absolute Gasteiger partial charge is 0.308 e. The molecule has 0 fully saturated rings. The Kier molecular flexibility index (Phi) is 6.09. The number of nitrogens with one attached hydrogen (secondary N) is 1. The summed E-state index contributed by atoms with van der Waals surface area (Å²) >= 11 is 1.76. The lowest BCUT2D eigenvalue weighted by Gasteiger charge is -2.21. The summed E-state index contributed by atoms with van der Waals surface area (Å²) in [6, 6.07) is 0. The van der Waals surface area contributed by atoms with E-state index in [1.165, 1.54) is 11.3 Å². The van der Waals surface area contributed by atoms with Gasteiger partial charge in [-0.25, -0.2) is 9.97 Å². The third-order valence-electron chi connectivity index (χ3n) is 2.57. The third kappa shape index (κ3) is 5.36. The molecule has 1 aromatic heterocycles. The van der Waals surface area contributed by atoms with Gasteiger partial charge in [-0.3, -0.25) is 0 Å². The fourth-order valence-electron chi connectivity index (χ4n) is 1.64. The van der Waals surface area contributed by atoms with Crippen LogP contribution < -0.4 is 5.32 Å². The van der Waals surface area contributed by atoms with Gasteiger partial charge in [0.05, 0.1) is 5.75 Å². The molecule has 0 aliphatic heterocycles. The third-order valence-corrected chi connectivity index (χ3v) is 3.12. The maximum absolute atomic E-state index is 4.68. The Bertz CT molecular complexity index is 372. The molecule has 0 atom stereocenters. The molecule has 1 heterocycles. The SMILES string of the molecule is CCCc1nc(CSC)ncc1CNC(C)(C)C. The molecule has 0 spiro atoms. The minimum atomic E-state index is 0.126. The molecule has 1 N–H and O–H groups in total. The summed E-state index contributed by atoms with van der Waals surface area (Å²) in [6.45, 7) is 9.57. The predicted octanol–water partition coefficient (Wildman–Crippen LogP) is 3.18. The van der Waals surface area contributed by atoms with Crippen LogP contribution in [0.5, 0.6) is 0 Å². The van der Waals surface area contributed by atoms with Gasteiger partial charge in [0.2, 0.25) is 0 Å². The molecule has 0 saturated carbocycles. The summed E-state index contributed by atoms with van der Waals surface area (Å²) in [6.07, 6.45) is 6.23. The molecule has 0 bridgehead atoms. The van der Waals surface area contributed by atoms with Crippen molar-refractivity contribution in [1.82, 2.24) is 15.3 Å². The predicted molar refractivity (Wildman–Crippen MR) is 79.8 cm³/mol. The quantitative estimate of drug-likeness (QED) is 0.859. The van der Waals surface area contributed by atoms with Crippen LogP contribution in [0.4, 0.5) is 0 Å². The van der Waals surface area contributed by atoms with E-state index in [4.69, 9.17) is 0 Å². The van der Waals surface area contributed by atoms with Gasteiger partial charge < -0.3 is 5.32 Å². The molecule has 1 aromatic rings. The maximum atomic E-state index is 4.68. The Hall–Kier alpha value is -0.610. The van der Waals surface area contributed by atoms with Gasteiger partial charge in [0, 0.05) is 29.5 Å². The highest BCUT2D eigenvalue weighted by molar-refractivity contribution is 7.97. The van der Waals surface area contributed by atoms with Crippen LogP contribution in [0.3, 0.4) is 0 Å². The Labute approximate surface area is 115 Å². The van der Waals surface area contributed by atoms with E-state index in [1.54, 1.807) is 11.8 Å². The first kappa shape index (κ1) is 15.4. The van der Waals surface area contributed by atoms with Crippen molar-refractivity contribution in [2.45, 2.75) is 58.4 Å². The second-order valence-electron chi connectivity index (χ2n) is 5.54. The lowest BCUT2D eigenvalue weighted by Crippen LogP contribution is -2.35. The van der Waals surface area contributed by atoms with E-state index in [9.17, 15) is 0 Å². The second-order valence-corrected chi connectivity index (χ2v) is 6.41. The molecule has 0 amide bonds. The van der Waals surface area contributed by atoms with Crippen LogP contribution in [-0.2, 0) is 18.7 Å². The van der Waals surface area contributed by atoms with E-state index >= 15 is 0 Å². The summed E-state index contributed by atoms with van der Waals surface area (Å²) in [5.41, 5.74) is 2.56. The molecule has 0 saturated heterocycles. The van der Waals surface area contributed by atoms with Crippen molar-refractivity contribution in [3.05, 3.63) is 23.3 Å². The lowest BCUT2D eigenvalue weighted by molar-refractivity contribution is 0.422. The topological polar surface area (TPSA) is 37.8 Å². The molecule has 1 rings (SSSR count). The first-order valence-corrected chi connectivity index (χ1v) is 7.93. The van der Waals surface area contributed by atoms with Gasteiger partial charge in [0.25, 0.3) is 0 Å². The number of aromatic nitrogens is 2. The minimum Gasteiger partial charge on any atom is -0.308 e. The van der Waals surface area contributed by atoms with Crippen molar-refractivity contribution < 1.29 is 0 Å². The summed E-state index contributed by atoms with van der Waals surface area (Å²) in [5.74, 6) is 1.84. The van der Waals surface area contributed by atoms with E-state index in [2.05, 4.69) is 49.2 Å². The monoisotopic (exact) mass is 267 g/mol. The zero-order chi connectivity index (χ0) is 13.6. The van der Waals surface area contributed by atoms with Gasteiger partial charge in [0.15, 0.2) is 0 Å². The average molecular weight is 267 g/mol. The standard InChI is InChI=1S/C14H25N3S/c1-6-7-12-11(9-16-14(2,3)4)8-15-13(17-12)10-18-5/h8,16H,6-7,9-10H2,1-5H3. The molecule has 102 valence electrons. The molecule has 18 heavy (non-hydrogen) atoms. The number of hydrogen-bond acceptors (Lipinski definition) is 4. The summed E-state index contributed by atoms with van der Waals surface area (Å²) in [5, 5.41) is 3.50. The first-order valence-electron chi connectivity index (χ1n) is 6.54. The molecule has 0 aliphatic rings. The number of rotatable bonds is 6. The highest BCUT2D eigenvalue weighted by Gasteiger charge is 2.12. The van der Waals surface area contributed by atoms with Crippen LogP contribution in [0, 0.1) is 0 Å². The van der Waals surface area contributed by atoms with E-state index in [0.717, 1.165) is 31.0 Å². The van der Waals surface area contributed by atoms with Crippen LogP contribution in [-0.4, -0.2) is 21.8 Å². The van der Waals surface area contributed by atoms with Crippen LogP contribution in [0.25, 0.3) is 0 Å². The lowest BCUT2D eigenvalue weighted by atomic mass is 10.1. The van der Waals surface area contributed by atoms with Crippen molar-refractivity contribution in [1.29, 1.82) is 0 Å². The normalized spacial score (nSPS) is 11.8. The zero-order valence-corrected chi connectivity index (χ0v) is 13.0. The fourth-order valence-corrected chi connectivity index (χ4v) is 2.04. The van der Waals surface area contributed by atoms with Gasteiger partial charge in [0.1, 0.15) is 5.82 Å². The van der Waals surface area contributed by atoms with E-state index in [0.29, 0.717) is 0 Å². The molecular weight excluding hydrogens is 242 g/mol. The van der Waals surface area contributed by atoms with E-state index < -0.39 is 0 Å². The molecule has 3 nitrogen and oxygen atoms in total. The van der Waals surface area contributed by atoms with Gasteiger partial charge in [-0.15, -0.1) is 0 Å².